The maximum atomic E-state index is 12.1. The number of nitrogens with one attached hydrogen (secondary N) is 2. The van der Waals surface area contributed by atoms with Crippen LogP contribution < -0.4 is 10.6 Å². The molecule has 2 N–H and O–H groups in total. The van der Waals surface area contributed by atoms with Gasteiger partial charge >= 0.3 is 5.97 Å². The average Bonchev–Trinajstić information content (AvgIpc) is 2.66. The minimum atomic E-state index is -0.689. The monoisotopic (exact) mass is 382 g/mol. The van der Waals surface area contributed by atoms with Crippen LogP contribution in [0.25, 0.3) is 0 Å². The lowest BCUT2D eigenvalue weighted by molar-refractivity contribution is -0.128. The summed E-state index contributed by atoms with van der Waals surface area (Å²) in [6, 6.07) is 14.7. The van der Waals surface area contributed by atoms with Crippen molar-refractivity contribution in [3.8, 4) is 0 Å². The molecule has 2 aromatic carbocycles. The standard InChI is InChI=1S/C21H22N2O5/c1-14(24)19(12-16-6-4-3-5-7-16)23-20(26)13-28-21(27)17-8-10-18(11-9-17)22-15(2)25/h3-11,19H,12-13H2,1-2H3,(H,22,25)(H,23,26)/t19-/m0/s1. The Kier molecular flexibility index (Phi) is 7.45. The number of benzene rings is 2. The van der Waals surface area contributed by atoms with Crippen molar-refractivity contribution in [2.45, 2.75) is 26.3 Å². The minimum absolute atomic E-state index is 0.183. The first kappa shape index (κ1) is 20.8. The van der Waals surface area contributed by atoms with Crippen LogP contribution in [0.3, 0.4) is 0 Å². The molecule has 0 saturated heterocycles. The molecular formula is C21H22N2O5. The first-order valence-electron chi connectivity index (χ1n) is 8.73. The summed E-state index contributed by atoms with van der Waals surface area (Å²) in [5.74, 6) is -1.63. The first-order valence-corrected chi connectivity index (χ1v) is 8.73. The summed E-state index contributed by atoms with van der Waals surface area (Å²) in [4.78, 5) is 46.9. The van der Waals surface area contributed by atoms with Crippen molar-refractivity contribution < 1.29 is 23.9 Å². The summed E-state index contributed by atoms with van der Waals surface area (Å²) >= 11 is 0. The fourth-order valence-electron chi connectivity index (χ4n) is 2.49. The van der Waals surface area contributed by atoms with E-state index in [1.54, 1.807) is 12.1 Å². The van der Waals surface area contributed by atoms with Gasteiger partial charge in [-0.05, 0) is 43.2 Å². The summed E-state index contributed by atoms with van der Waals surface area (Å²) in [6.07, 6.45) is 0.362. The zero-order valence-corrected chi connectivity index (χ0v) is 15.7. The van der Waals surface area contributed by atoms with Crippen LogP contribution in [-0.2, 0) is 25.5 Å². The van der Waals surface area contributed by atoms with Crippen LogP contribution in [0.15, 0.2) is 54.6 Å². The predicted octanol–water partition coefficient (Wildman–Crippen LogP) is 2.12. The molecule has 0 aliphatic heterocycles. The summed E-state index contributed by atoms with van der Waals surface area (Å²) in [6.45, 7) is 2.29. The predicted molar refractivity (Wildman–Crippen MR) is 104 cm³/mol. The molecule has 2 amide bonds. The van der Waals surface area contributed by atoms with Crippen molar-refractivity contribution in [3.05, 3.63) is 65.7 Å². The molecule has 0 saturated carbocycles. The zero-order valence-electron chi connectivity index (χ0n) is 15.7. The van der Waals surface area contributed by atoms with Gasteiger partial charge in [0.05, 0.1) is 11.6 Å². The van der Waals surface area contributed by atoms with Crippen LogP contribution in [0, 0.1) is 0 Å². The Balaban J connectivity index is 1.86. The third-order valence-electron chi connectivity index (χ3n) is 3.88. The molecule has 146 valence electrons. The number of amides is 2. The number of rotatable bonds is 8. The van der Waals surface area contributed by atoms with Crippen molar-refractivity contribution >= 4 is 29.3 Å². The third-order valence-corrected chi connectivity index (χ3v) is 3.88. The Hall–Kier alpha value is -3.48. The smallest absolute Gasteiger partial charge is 0.338 e. The molecule has 0 bridgehead atoms. The number of hydrogen-bond acceptors (Lipinski definition) is 5. The lowest BCUT2D eigenvalue weighted by Crippen LogP contribution is -2.43. The third kappa shape index (κ3) is 6.68. The molecule has 7 nitrogen and oxygen atoms in total. The van der Waals surface area contributed by atoms with Crippen molar-refractivity contribution in [1.82, 2.24) is 5.32 Å². The van der Waals surface area contributed by atoms with Gasteiger partial charge in [0, 0.05) is 12.6 Å². The number of ether oxygens (including phenoxy) is 1. The maximum Gasteiger partial charge on any atom is 0.338 e. The zero-order chi connectivity index (χ0) is 20.5. The molecule has 28 heavy (non-hydrogen) atoms. The molecule has 2 rings (SSSR count). The average molecular weight is 382 g/mol. The summed E-state index contributed by atoms with van der Waals surface area (Å²) in [5.41, 5.74) is 1.71. The highest BCUT2D eigenvalue weighted by Gasteiger charge is 2.19. The number of hydrogen-bond donors (Lipinski definition) is 2. The van der Waals surface area contributed by atoms with E-state index in [4.69, 9.17) is 4.74 Å². The Labute approximate surface area is 163 Å². The van der Waals surface area contributed by atoms with E-state index < -0.39 is 24.5 Å². The fraction of sp³-hybridized carbons (Fsp3) is 0.238. The molecule has 0 spiro atoms. The van der Waals surface area contributed by atoms with Gasteiger partial charge in [0.1, 0.15) is 0 Å². The Morgan fingerprint density at radius 3 is 2.14 bits per heavy atom. The number of carbonyl (C=O) groups excluding carboxylic acids is 4. The van der Waals surface area contributed by atoms with Crippen molar-refractivity contribution in [3.63, 3.8) is 0 Å². The molecule has 2 aromatic rings. The first-order chi connectivity index (χ1) is 13.3. The molecule has 7 heteroatoms. The van der Waals surface area contributed by atoms with Gasteiger partial charge in [-0.15, -0.1) is 0 Å². The molecule has 0 unspecified atom stereocenters. The van der Waals surface area contributed by atoms with Crippen molar-refractivity contribution in [2.75, 3.05) is 11.9 Å². The summed E-state index contributed by atoms with van der Waals surface area (Å²) in [7, 11) is 0. The van der Waals surface area contributed by atoms with Gasteiger partial charge < -0.3 is 15.4 Å². The molecule has 0 fully saturated rings. The lowest BCUT2D eigenvalue weighted by Gasteiger charge is -2.16. The highest BCUT2D eigenvalue weighted by atomic mass is 16.5. The van der Waals surface area contributed by atoms with Crippen LogP contribution in [0.4, 0.5) is 5.69 Å². The topological polar surface area (TPSA) is 102 Å². The highest BCUT2D eigenvalue weighted by molar-refractivity contribution is 5.94. The Bertz CT molecular complexity index is 847. The molecule has 0 aromatic heterocycles. The van der Waals surface area contributed by atoms with Gasteiger partial charge in [-0.3, -0.25) is 14.4 Å². The second-order valence-corrected chi connectivity index (χ2v) is 6.26. The van der Waals surface area contributed by atoms with E-state index in [-0.39, 0.29) is 17.3 Å². The van der Waals surface area contributed by atoms with Crippen LogP contribution in [0.1, 0.15) is 29.8 Å². The normalized spacial score (nSPS) is 11.2. The highest BCUT2D eigenvalue weighted by Crippen LogP contribution is 2.10. The number of Topliss-reactive ketones (excluding diaryl/α,β-unsaturated/α-hetero) is 1. The van der Waals surface area contributed by atoms with Crippen LogP contribution in [0.2, 0.25) is 0 Å². The Morgan fingerprint density at radius 1 is 0.929 bits per heavy atom. The van der Waals surface area contributed by atoms with Crippen LogP contribution >= 0.6 is 0 Å². The summed E-state index contributed by atoms with van der Waals surface area (Å²) < 4.78 is 4.99. The fourth-order valence-corrected chi connectivity index (χ4v) is 2.49. The number of carbonyl (C=O) groups is 4. The number of esters is 1. The van der Waals surface area contributed by atoms with Crippen molar-refractivity contribution in [1.29, 1.82) is 0 Å². The molecule has 0 aliphatic rings. The summed E-state index contributed by atoms with van der Waals surface area (Å²) in [5, 5.41) is 5.18. The lowest BCUT2D eigenvalue weighted by atomic mass is 10.0. The van der Waals surface area contributed by atoms with Crippen LogP contribution in [0.5, 0.6) is 0 Å². The molecule has 0 radical (unpaired) electrons. The van der Waals surface area contributed by atoms with Gasteiger partial charge in [-0.25, -0.2) is 4.79 Å². The van der Waals surface area contributed by atoms with Gasteiger partial charge in [0.15, 0.2) is 12.4 Å². The quantitative estimate of drug-likeness (QED) is 0.681. The Morgan fingerprint density at radius 2 is 1.57 bits per heavy atom. The van der Waals surface area contributed by atoms with Gasteiger partial charge in [-0.2, -0.15) is 0 Å². The largest absolute Gasteiger partial charge is 0.452 e. The second-order valence-electron chi connectivity index (χ2n) is 6.26. The van der Waals surface area contributed by atoms with E-state index in [1.807, 2.05) is 30.3 Å². The van der Waals surface area contributed by atoms with Gasteiger partial charge in [0.2, 0.25) is 5.91 Å². The van der Waals surface area contributed by atoms with E-state index in [2.05, 4.69) is 10.6 Å². The van der Waals surface area contributed by atoms with Gasteiger partial charge in [0.25, 0.3) is 5.91 Å². The van der Waals surface area contributed by atoms with E-state index in [0.29, 0.717) is 12.1 Å². The second kappa shape index (κ2) is 10.0. The molecule has 0 aliphatic carbocycles. The van der Waals surface area contributed by atoms with E-state index in [1.165, 1.54) is 26.0 Å². The number of anilines is 1. The SMILES string of the molecule is CC(=O)Nc1ccc(C(=O)OCC(=O)N[C@@H](Cc2ccccc2)C(C)=O)cc1. The van der Waals surface area contributed by atoms with Crippen LogP contribution in [-0.4, -0.2) is 36.2 Å². The van der Waals surface area contributed by atoms with E-state index in [9.17, 15) is 19.2 Å². The van der Waals surface area contributed by atoms with Crippen molar-refractivity contribution in [2.24, 2.45) is 0 Å². The number of ketones is 1. The van der Waals surface area contributed by atoms with E-state index in [0.717, 1.165) is 5.56 Å². The molecule has 0 heterocycles. The molecule has 1 atom stereocenters. The molecular weight excluding hydrogens is 360 g/mol. The van der Waals surface area contributed by atoms with E-state index >= 15 is 0 Å². The van der Waals surface area contributed by atoms with Gasteiger partial charge in [-0.1, -0.05) is 30.3 Å². The maximum absolute atomic E-state index is 12.1. The minimum Gasteiger partial charge on any atom is -0.452 e.